The van der Waals surface area contributed by atoms with Crippen molar-refractivity contribution >= 4 is 5.91 Å². The van der Waals surface area contributed by atoms with Gasteiger partial charge in [0.05, 0.1) is 17.7 Å². The molecule has 1 fully saturated rings. The smallest absolute Gasteiger partial charge is 0.416 e. The molecular formula is C16H17F6NO6. The average Bonchev–Trinajstić information content (AvgIpc) is 2.59. The van der Waals surface area contributed by atoms with Crippen molar-refractivity contribution in [2.24, 2.45) is 0 Å². The first-order valence-corrected chi connectivity index (χ1v) is 8.09. The van der Waals surface area contributed by atoms with Gasteiger partial charge in [-0.25, -0.2) is 0 Å². The molecule has 5 atom stereocenters. The van der Waals surface area contributed by atoms with Crippen LogP contribution in [0.5, 0.6) is 5.75 Å². The Hall–Kier alpha value is -2.09. The maximum absolute atomic E-state index is 13.0. The molecule has 29 heavy (non-hydrogen) atoms. The number of ether oxygens (including phenoxy) is 2. The molecule has 0 radical (unpaired) electrons. The summed E-state index contributed by atoms with van der Waals surface area (Å²) in [5, 5.41) is 31.3. The van der Waals surface area contributed by atoms with Gasteiger partial charge in [-0.05, 0) is 18.2 Å². The molecule has 4 N–H and O–H groups in total. The van der Waals surface area contributed by atoms with Crippen molar-refractivity contribution in [2.45, 2.75) is 49.9 Å². The van der Waals surface area contributed by atoms with Crippen molar-refractivity contribution in [2.75, 3.05) is 6.61 Å². The molecule has 1 aliphatic rings. The van der Waals surface area contributed by atoms with Crippen LogP contribution in [0.3, 0.4) is 0 Å². The molecule has 1 amide bonds. The first-order chi connectivity index (χ1) is 13.2. The number of alkyl halides is 6. The number of amides is 1. The Morgan fingerprint density at radius 1 is 1.07 bits per heavy atom. The van der Waals surface area contributed by atoms with E-state index in [0.29, 0.717) is 0 Å². The summed E-state index contributed by atoms with van der Waals surface area (Å²) in [5.41, 5.74) is -3.29. The second-order valence-corrected chi connectivity index (χ2v) is 6.29. The summed E-state index contributed by atoms with van der Waals surface area (Å²) in [6.45, 7) is 0.168. The van der Waals surface area contributed by atoms with E-state index >= 15 is 0 Å². The van der Waals surface area contributed by atoms with Crippen molar-refractivity contribution in [1.82, 2.24) is 5.32 Å². The van der Waals surface area contributed by atoms with Gasteiger partial charge < -0.3 is 30.1 Å². The lowest BCUT2D eigenvalue weighted by Crippen LogP contribution is -2.65. The highest BCUT2D eigenvalue weighted by Gasteiger charge is 2.46. The fourth-order valence-electron chi connectivity index (χ4n) is 2.70. The molecule has 0 unspecified atom stereocenters. The second-order valence-electron chi connectivity index (χ2n) is 6.29. The van der Waals surface area contributed by atoms with Crippen LogP contribution in [0, 0.1) is 0 Å². The number of halogens is 6. The maximum Gasteiger partial charge on any atom is 0.416 e. The molecule has 1 aliphatic heterocycles. The molecule has 164 valence electrons. The largest absolute Gasteiger partial charge is 0.463 e. The van der Waals surface area contributed by atoms with E-state index in [-0.39, 0.29) is 18.2 Å². The molecule has 0 saturated carbocycles. The van der Waals surface area contributed by atoms with Crippen molar-refractivity contribution in [1.29, 1.82) is 0 Å². The lowest BCUT2D eigenvalue weighted by atomic mass is 9.97. The van der Waals surface area contributed by atoms with Gasteiger partial charge in [-0.15, -0.1) is 0 Å². The Bertz CT molecular complexity index is 707. The van der Waals surface area contributed by atoms with Crippen LogP contribution in [0.2, 0.25) is 0 Å². The Labute approximate surface area is 159 Å². The molecule has 1 saturated heterocycles. The monoisotopic (exact) mass is 433 g/mol. The number of benzene rings is 1. The molecule has 1 aromatic carbocycles. The van der Waals surface area contributed by atoms with Crippen molar-refractivity contribution in [3.05, 3.63) is 29.3 Å². The minimum Gasteiger partial charge on any atom is -0.463 e. The van der Waals surface area contributed by atoms with E-state index in [0.717, 1.165) is 6.92 Å². The van der Waals surface area contributed by atoms with Crippen LogP contribution in [-0.4, -0.2) is 58.5 Å². The SMILES string of the molecule is CC(=O)N[C@@H]1[C@H](Oc2cc(C(F)(F)F)cc(C(F)(F)F)c2)O[C@H](CO)[C@H](O)[C@H]1O. The van der Waals surface area contributed by atoms with Crippen LogP contribution >= 0.6 is 0 Å². The fraction of sp³-hybridized carbons (Fsp3) is 0.562. The highest BCUT2D eigenvalue weighted by atomic mass is 19.4. The first kappa shape index (κ1) is 23.2. The number of nitrogens with one attached hydrogen (secondary N) is 1. The van der Waals surface area contributed by atoms with Crippen LogP contribution in [0.1, 0.15) is 18.1 Å². The van der Waals surface area contributed by atoms with Crippen LogP contribution < -0.4 is 10.1 Å². The van der Waals surface area contributed by atoms with Crippen LogP contribution in [0.4, 0.5) is 26.3 Å². The Kier molecular flexibility index (Phi) is 6.67. The molecule has 0 aromatic heterocycles. The zero-order chi connectivity index (χ0) is 22.1. The molecule has 0 aliphatic carbocycles. The lowest BCUT2D eigenvalue weighted by Gasteiger charge is -2.42. The Morgan fingerprint density at radius 3 is 2.00 bits per heavy atom. The van der Waals surface area contributed by atoms with Gasteiger partial charge in [0.1, 0.15) is 30.1 Å². The minimum atomic E-state index is -5.12. The van der Waals surface area contributed by atoms with Gasteiger partial charge in [0.2, 0.25) is 12.2 Å². The second kappa shape index (κ2) is 8.34. The van der Waals surface area contributed by atoms with Crippen molar-refractivity contribution in [3.8, 4) is 5.75 Å². The molecular weight excluding hydrogens is 416 g/mol. The number of carbonyl (C=O) groups is 1. The third-order valence-corrected chi connectivity index (χ3v) is 4.06. The highest BCUT2D eigenvalue weighted by Crippen LogP contribution is 2.39. The third-order valence-electron chi connectivity index (χ3n) is 4.06. The zero-order valence-electron chi connectivity index (χ0n) is 14.7. The highest BCUT2D eigenvalue weighted by molar-refractivity contribution is 5.73. The van der Waals surface area contributed by atoms with E-state index in [2.05, 4.69) is 5.32 Å². The predicted octanol–water partition coefficient (Wildman–Crippen LogP) is 1.05. The summed E-state index contributed by atoms with van der Waals surface area (Å²) >= 11 is 0. The van der Waals surface area contributed by atoms with E-state index in [1.54, 1.807) is 0 Å². The summed E-state index contributed by atoms with van der Waals surface area (Å²) in [4.78, 5) is 11.3. The normalized spacial score (nSPS) is 28.1. The number of aliphatic hydroxyl groups excluding tert-OH is 3. The Morgan fingerprint density at radius 2 is 1.59 bits per heavy atom. The Balaban J connectivity index is 2.43. The molecule has 7 nitrogen and oxygen atoms in total. The summed E-state index contributed by atoms with van der Waals surface area (Å²) < 4.78 is 88.1. The van der Waals surface area contributed by atoms with Gasteiger partial charge in [-0.1, -0.05) is 0 Å². The topological polar surface area (TPSA) is 108 Å². The van der Waals surface area contributed by atoms with Gasteiger partial charge in [0.25, 0.3) is 0 Å². The zero-order valence-corrected chi connectivity index (χ0v) is 14.7. The third kappa shape index (κ3) is 5.50. The average molecular weight is 433 g/mol. The number of hydrogen-bond donors (Lipinski definition) is 4. The molecule has 1 heterocycles. The summed E-state index contributed by atoms with van der Waals surface area (Å²) in [5.74, 6) is -1.66. The minimum absolute atomic E-state index is 0.102. The van der Waals surface area contributed by atoms with E-state index < -0.39 is 72.4 Å². The summed E-state index contributed by atoms with van der Waals surface area (Å²) in [6, 6.07) is -1.08. The van der Waals surface area contributed by atoms with E-state index in [4.69, 9.17) is 9.47 Å². The van der Waals surface area contributed by atoms with Crippen molar-refractivity contribution in [3.63, 3.8) is 0 Å². The standard InChI is InChI=1S/C16H17F6NO6/c1-6(25)23-11-13(27)12(26)10(5-24)29-14(11)28-9-3-7(15(17,18)19)2-8(4-9)16(20,21)22/h2-4,10-14,24,26-27H,5H2,1H3,(H,23,25)/t10-,11+,12+,13+,14-/m1/s1. The molecule has 13 heteroatoms. The quantitative estimate of drug-likeness (QED) is 0.529. The van der Waals surface area contributed by atoms with E-state index in [1.807, 2.05) is 0 Å². The summed E-state index contributed by atoms with van der Waals surface area (Å²) in [6.07, 6.45) is -17.0. The van der Waals surface area contributed by atoms with Gasteiger partial charge in [0, 0.05) is 6.92 Å². The fourth-order valence-corrected chi connectivity index (χ4v) is 2.70. The van der Waals surface area contributed by atoms with Crippen molar-refractivity contribution < 1.29 is 55.9 Å². The first-order valence-electron chi connectivity index (χ1n) is 8.09. The number of carbonyl (C=O) groups excluding carboxylic acids is 1. The number of aliphatic hydroxyl groups is 3. The number of hydrogen-bond acceptors (Lipinski definition) is 6. The number of rotatable bonds is 4. The van der Waals surface area contributed by atoms with Crippen LogP contribution in [-0.2, 0) is 21.9 Å². The van der Waals surface area contributed by atoms with Gasteiger partial charge in [0.15, 0.2) is 0 Å². The molecule has 1 aromatic rings. The van der Waals surface area contributed by atoms with E-state index in [9.17, 15) is 46.5 Å². The summed E-state index contributed by atoms with van der Waals surface area (Å²) in [7, 11) is 0. The lowest BCUT2D eigenvalue weighted by molar-refractivity contribution is -0.244. The molecule has 0 spiro atoms. The van der Waals surface area contributed by atoms with Gasteiger partial charge in [-0.3, -0.25) is 4.79 Å². The van der Waals surface area contributed by atoms with Crippen LogP contribution in [0.15, 0.2) is 18.2 Å². The molecule has 0 bridgehead atoms. The van der Waals surface area contributed by atoms with Gasteiger partial charge >= 0.3 is 12.4 Å². The maximum atomic E-state index is 13.0. The van der Waals surface area contributed by atoms with Crippen LogP contribution in [0.25, 0.3) is 0 Å². The van der Waals surface area contributed by atoms with E-state index in [1.165, 1.54) is 0 Å². The van der Waals surface area contributed by atoms with Gasteiger partial charge in [-0.2, -0.15) is 26.3 Å². The predicted molar refractivity (Wildman–Crippen MR) is 82.4 cm³/mol. The molecule has 2 rings (SSSR count).